The summed E-state index contributed by atoms with van der Waals surface area (Å²) < 4.78 is 5.21. The number of nitrogens with one attached hydrogen (secondary N) is 1. The molecule has 0 saturated carbocycles. The van der Waals surface area contributed by atoms with Crippen LogP contribution in [-0.4, -0.2) is 44.2 Å². The average Bonchev–Trinajstić information content (AvgIpc) is 2.53. The molecule has 20 heavy (non-hydrogen) atoms. The zero-order valence-corrected chi connectivity index (χ0v) is 12.9. The van der Waals surface area contributed by atoms with E-state index in [1.54, 1.807) is 7.11 Å². The molecule has 1 aliphatic heterocycles. The van der Waals surface area contributed by atoms with Crippen molar-refractivity contribution in [2.75, 3.05) is 33.3 Å². The fourth-order valence-electron chi connectivity index (χ4n) is 2.97. The fraction of sp³-hybridized carbons (Fsp3) is 0.647. The van der Waals surface area contributed by atoms with Crippen molar-refractivity contribution >= 4 is 0 Å². The minimum Gasteiger partial charge on any atom is -0.497 e. The lowest BCUT2D eigenvalue weighted by atomic mass is 10.0. The van der Waals surface area contributed by atoms with Gasteiger partial charge in [-0.15, -0.1) is 0 Å². The van der Waals surface area contributed by atoms with Gasteiger partial charge in [0.25, 0.3) is 0 Å². The van der Waals surface area contributed by atoms with E-state index in [4.69, 9.17) is 4.74 Å². The lowest BCUT2D eigenvalue weighted by Crippen LogP contribution is -2.47. The monoisotopic (exact) mass is 276 g/mol. The van der Waals surface area contributed by atoms with Gasteiger partial charge in [0.2, 0.25) is 0 Å². The van der Waals surface area contributed by atoms with E-state index in [0.717, 1.165) is 31.3 Å². The van der Waals surface area contributed by atoms with Crippen molar-refractivity contribution in [3.63, 3.8) is 0 Å². The summed E-state index contributed by atoms with van der Waals surface area (Å²) in [4.78, 5) is 2.66. The predicted octanol–water partition coefficient (Wildman–Crippen LogP) is 2.70. The van der Waals surface area contributed by atoms with Crippen LogP contribution >= 0.6 is 0 Å². The van der Waals surface area contributed by atoms with E-state index < -0.39 is 0 Å². The Morgan fingerprint density at radius 1 is 1.25 bits per heavy atom. The van der Waals surface area contributed by atoms with Crippen molar-refractivity contribution in [2.45, 2.75) is 38.6 Å². The lowest BCUT2D eigenvalue weighted by molar-refractivity contribution is 0.167. The minimum absolute atomic E-state index is 0.724. The van der Waals surface area contributed by atoms with E-state index in [1.165, 1.54) is 37.9 Å². The van der Waals surface area contributed by atoms with E-state index in [0.29, 0.717) is 0 Å². The van der Waals surface area contributed by atoms with Gasteiger partial charge < -0.3 is 10.1 Å². The van der Waals surface area contributed by atoms with Crippen LogP contribution in [0.1, 0.15) is 31.7 Å². The Hall–Kier alpha value is -1.06. The molecule has 0 aliphatic carbocycles. The van der Waals surface area contributed by atoms with Crippen molar-refractivity contribution in [3.05, 3.63) is 29.8 Å². The first-order valence-electron chi connectivity index (χ1n) is 7.91. The molecule has 1 fully saturated rings. The Kier molecular flexibility index (Phi) is 6.34. The molecule has 1 saturated heterocycles. The molecule has 2 rings (SSSR count). The van der Waals surface area contributed by atoms with Gasteiger partial charge in [-0.3, -0.25) is 4.90 Å². The Bertz CT molecular complexity index is 371. The first kappa shape index (κ1) is 15.3. The Labute approximate surface area is 123 Å². The predicted molar refractivity (Wildman–Crippen MR) is 84.5 cm³/mol. The normalized spacial score (nSPS) is 19.2. The standard InChI is InChI=1S/C17H28N2O/c1-3-12-19(16-5-4-11-18-14-16)13-10-15-6-8-17(20-2)9-7-15/h6-9,16,18H,3-5,10-14H2,1-2H3. The second-order valence-corrected chi connectivity index (χ2v) is 5.63. The van der Waals surface area contributed by atoms with Gasteiger partial charge in [-0.2, -0.15) is 0 Å². The van der Waals surface area contributed by atoms with E-state index in [1.807, 2.05) is 0 Å². The van der Waals surface area contributed by atoms with Crippen LogP contribution < -0.4 is 10.1 Å². The maximum absolute atomic E-state index is 5.21. The van der Waals surface area contributed by atoms with Crippen LogP contribution in [0.25, 0.3) is 0 Å². The maximum atomic E-state index is 5.21. The molecule has 0 spiro atoms. The molecule has 0 amide bonds. The van der Waals surface area contributed by atoms with E-state index >= 15 is 0 Å². The molecular formula is C17H28N2O. The van der Waals surface area contributed by atoms with Crippen molar-refractivity contribution in [3.8, 4) is 5.75 Å². The highest BCUT2D eigenvalue weighted by Crippen LogP contribution is 2.15. The zero-order valence-electron chi connectivity index (χ0n) is 12.9. The van der Waals surface area contributed by atoms with E-state index in [-0.39, 0.29) is 0 Å². The van der Waals surface area contributed by atoms with Crippen LogP contribution in [0.4, 0.5) is 0 Å². The number of hydrogen-bond donors (Lipinski definition) is 1. The summed E-state index contributed by atoms with van der Waals surface area (Å²) >= 11 is 0. The van der Waals surface area contributed by atoms with Gasteiger partial charge in [-0.25, -0.2) is 0 Å². The van der Waals surface area contributed by atoms with Crippen LogP contribution in [0.15, 0.2) is 24.3 Å². The first-order chi connectivity index (χ1) is 9.83. The number of hydrogen-bond acceptors (Lipinski definition) is 3. The van der Waals surface area contributed by atoms with Gasteiger partial charge in [0.05, 0.1) is 7.11 Å². The molecule has 1 heterocycles. The Morgan fingerprint density at radius 3 is 2.65 bits per heavy atom. The van der Waals surface area contributed by atoms with E-state index in [2.05, 4.69) is 41.4 Å². The second-order valence-electron chi connectivity index (χ2n) is 5.63. The molecular weight excluding hydrogens is 248 g/mol. The number of ether oxygens (including phenoxy) is 1. The van der Waals surface area contributed by atoms with Gasteiger partial charge in [0.15, 0.2) is 0 Å². The van der Waals surface area contributed by atoms with Gasteiger partial charge in [-0.05, 0) is 56.5 Å². The average molecular weight is 276 g/mol. The molecule has 112 valence electrons. The van der Waals surface area contributed by atoms with Gasteiger partial charge in [0, 0.05) is 19.1 Å². The van der Waals surface area contributed by atoms with Gasteiger partial charge in [0.1, 0.15) is 5.75 Å². The minimum atomic E-state index is 0.724. The van der Waals surface area contributed by atoms with Crippen LogP contribution in [-0.2, 0) is 6.42 Å². The largest absolute Gasteiger partial charge is 0.497 e. The molecule has 3 nitrogen and oxygen atoms in total. The third kappa shape index (κ3) is 4.50. The number of benzene rings is 1. The Balaban J connectivity index is 1.86. The SMILES string of the molecule is CCCN(CCc1ccc(OC)cc1)C1CCCNC1. The van der Waals surface area contributed by atoms with Crippen LogP contribution in [0.3, 0.4) is 0 Å². The molecule has 1 aromatic carbocycles. The molecule has 3 heteroatoms. The topological polar surface area (TPSA) is 24.5 Å². The summed E-state index contributed by atoms with van der Waals surface area (Å²) in [5.74, 6) is 0.940. The van der Waals surface area contributed by atoms with Crippen LogP contribution in [0, 0.1) is 0 Å². The summed E-state index contributed by atoms with van der Waals surface area (Å²) in [6.07, 6.45) is 5.02. The quantitative estimate of drug-likeness (QED) is 0.828. The highest BCUT2D eigenvalue weighted by Gasteiger charge is 2.19. The maximum Gasteiger partial charge on any atom is 0.118 e. The number of methoxy groups -OCH3 is 1. The molecule has 1 aromatic rings. The summed E-state index contributed by atoms with van der Waals surface area (Å²) in [6, 6.07) is 9.20. The van der Waals surface area contributed by atoms with Crippen molar-refractivity contribution in [1.29, 1.82) is 0 Å². The molecule has 0 bridgehead atoms. The summed E-state index contributed by atoms with van der Waals surface area (Å²) in [5.41, 5.74) is 1.40. The summed E-state index contributed by atoms with van der Waals surface area (Å²) in [5, 5.41) is 3.53. The van der Waals surface area contributed by atoms with Gasteiger partial charge >= 0.3 is 0 Å². The second kappa shape index (κ2) is 8.28. The van der Waals surface area contributed by atoms with Crippen LogP contribution in [0.2, 0.25) is 0 Å². The van der Waals surface area contributed by atoms with Crippen molar-refractivity contribution in [2.24, 2.45) is 0 Å². The molecule has 1 unspecified atom stereocenters. The molecule has 1 aliphatic rings. The van der Waals surface area contributed by atoms with Crippen molar-refractivity contribution < 1.29 is 4.74 Å². The third-order valence-electron chi connectivity index (χ3n) is 4.14. The van der Waals surface area contributed by atoms with Crippen LogP contribution in [0.5, 0.6) is 5.75 Å². The van der Waals surface area contributed by atoms with Crippen molar-refractivity contribution in [1.82, 2.24) is 10.2 Å². The molecule has 1 N–H and O–H groups in total. The third-order valence-corrected chi connectivity index (χ3v) is 4.14. The van der Waals surface area contributed by atoms with Gasteiger partial charge in [-0.1, -0.05) is 19.1 Å². The Morgan fingerprint density at radius 2 is 2.05 bits per heavy atom. The fourth-order valence-corrected chi connectivity index (χ4v) is 2.97. The summed E-state index contributed by atoms with van der Waals surface area (Å²) in [7, 11) is 1.72. The van der Waals surface area contributed by atoms with E-state index in [9.17, 15) is 0 Å². The number of nitrogens with zero attached hydrogens (tertiary/aromatic N) is 1. The molecule has 0 aromatic heterocycles. The smallest absolute Gasteiger partial charge is 0.118 e. The lowest BCUT2D eigenvalue weighted by Gasteiger charge is -2.34. The first-order valence-corrected chi connectivity index (χ1v) is 7.91. The molecule has 0 radical (unpaired) electrons. The highest BCUT2D eigenvalue weighted by atomic mass is 16.5. The summed E-state index contributed by atoms with van der Waals surface area (Å²) in [6.45, 7) is 6.99. The molecule has 1 atom stereocenters. The number of piperidine rings is 1. The zero-order chi connectivity index (χ0) is 14.2. The highest BCUT2D eigenvalue weighted by molar-refractivity contribution is 5.27. The number of rotatable bonds is 7.